The van der Waals surface area contributed by atoms with Crippen molar-refractivity contribution >= 4 is 0 Å². The molecule has 0 bridgehead atoms. The molecule has 0 aromatic carbocycles. The zero-order valence-electron chi connectivity index (χ0n) is 10.4. The lowest BCUT2D eigenvalue weighted by atomic mass is 9.81. The lowest BCUT2D eigenvalue weighted by Crippen LogP contribution is -2.15. The maximum atomic E-state index is 2.37. The van der Waals surface area contributed by atoms with Crippen molar-refractivity contribution in [3.8, 4) is 0 Å². The van der Waals surface area contributed by atoms with E-state index in [2.05, 4.69) is 60.6 Å². The Kier molecular flexibility index (Phi) is 4.74. The highest BCUT2D eigenvalue weighted by atomic mass is 14.2. The van der Waals surface area contributed by atoms with Crippen molar-refractivity contribution in [2.24, 2.45) is 23.2 Å². The van der Waals surface area contributed by atoms with Gasteiger partial charge in [-0.1, -0.05) is 60.6 Å². The molecular weight excluding hydrogens is 156 g/mol. The third kappa shape index (κ3) is 5.13. The van der Waals surface area contributed by atoms with Gasteiger partial charge in [-0.25, -0.2) is 0 Å². The lowest BCUT2D eigenvalue weighted by molar-refractivity contribution is 0.312. The van der Waals surface area contributed by atoms with E-state index < -0.39 is 0 Å². The fourth-order valence-corrected chi connectivity index (χ4v) is 0.853. The Bertz CT molecular complexity index is 157. The van der Waals surface area contributed by atoms with Gasteiger partial charge in [0.2, 0.25) is 0 Å². The van der Waals surface area contributed by atoms with E-state index in [4.69, 9.17) is 0 Å². The van der Waals surface area contributed by atoms with Crippen molar-refractivity contribution in [2.75, 3.05) is 0 Å². The maximum absolute atomic E-state index is 2.37. The zero-order chi connectivity index (χ0) is 10.6. The van der Waals surface area contributed by atoms with Crippen LogP contribution in [0.15, 0.2) is 12.2 Å². The van der Waals surface area contributed by atoms with Crippen LogP contribution in [-0.2, 0) is 0 Å². The first-order valence-electron chi connectivity index (χ1n) is 5.43. The standard InChI is InChI=1S/C13H26/c1-10(2)11(3)8-9-12(4)13(5,6)7/h8-12H,1-7H3/b9-8+. The fraction of sp³-hybridized carbons (Fsp3) is 0.846. The zero-order valence-corrected chi connectivity index (χ0v) is 10.4. The Labute approximate surface area is 84.4 Å². The number of allylic oxidation sites excluding steroid dienone is 2. The predicted molar refractivity (Wildman–Crippen MR) is 61.8 cm³/mol. The summed E-state index contributed by atoms with van der Waals surface area (Å²) in [6, 6.07) is 0. The first-order chi connectivity index (χ1) is 5.75. The van der Waals surface area contributed by atoms with Crippen LogP contribution in [0.4, 0.5) is 0 Å². The third-order valence-electron chi connectivity index (χ3n) is 3.12. The van der Waals surface area contributed by atoms with E-state index in [-0.39, 0.29) is 0 Å². The minimum Gasteiger partial charge on any atom is -0.0852 e. The van der Waals surface area contributed by atoms with Crippen LogP contribution in [0.1, 0.15) is 48.5 Å². The van der Waals surface area contributed by atoms with Crippen LogP contribution in [0.5, 0.6) is 0 Å². The lowest BCUT2D eigenvalue weighted by Gasteiger charge is -2.24. The van der Waals surface area contributed by atoms with Gasteiger partial charge in [0.05, 0.1) is 0 Å². The molecule has 13 heavy (non-hydrogen) atoms. The van der Waals surface area contributed by atoms with Gasteiger partial charge in [-0.15, -0.1) is 0 Å². The molecule has 2 atom stereocenters. The Morgan fingerprint density at radius 1 is 0.846 bits per heavy atom. The molecule has 78 valence electrons. The molecule has 0 spiro atoms. The van der Waals surface area contributed by atoms with Crippen molar-refractivity contribution in [2.45, 2.75) is 48.5 Å². The smallest absolute Gasteiger partial charge is 0.0213 e. The molecule has 0 aliphatic carbocycles. The maximum Gasteiger partial charge on any atom is -0.0213 e. The molecule has 0 aliphatic heterocycles. The molecule has 0 rings (SSSR count). The van der Waals surface area contributed by atoms with E-state index in [1.54, 1.807) is 0 Å². The number of rotatable bonds is 3. The van der Waals surface area contributed by atoms with Gasteiger partial charge in [-0.2, -0.15) is 0 Å². The summed E-state index contributed by atoms with van der Waals surface area (Å²) < 4.78 is 0. The quantitative estimate of drug-likeness (QED) is 0.563. The van der Waals surface area contributed by atoms with Crippen LogP contribution < -0.4 is 0 Å². The number of hydrogen-bond acceptors (Lipinski definition) is 0. The van der Waals surface area contributed by atoms with Crippen LogP contribution in [0, 0.1) is 23.2 Å². The fourth-order valence-electron chi connectivity index (χ4n) is 0.853. The van der Waals surface area contributed by atoms with Gasteiger partial charge >= 0.3 is 0 Å². The van der Waals surface area contributed by atoms with E-state index >= 15 is 0 Å². The Balaban J connectivity index is 4.12. The molecule has 0 N–H and O–H groups in total. The molecule has 0 heteroatoms. The molecule has 0 radical (unpaired) electrons. The van der Waals surface area contributed by atoms with E-state index in [1.165, 1.54) is 0 Å². The summed E-state index contributed by atoms with van der Waals surface area (Å²) >= 11 is 0. The van der Waals surface area contributed by atoms with Crippen LogP contribution >= 0.6 is 0 Å². The monoisotopic (exact) mass is 182 g/mol. The van der Waals surface area contributed by atoms with Gasteiger partial charge in [-0.05, 0) is 23.2 Å². The van der Waals surface area contributed by atoms with E-state index in [0.717, 1.165) is 5.92 Å². The minimum atomic E-state index is 0.396. The average Bonchev–Trinajstić information content (AvgIpc) is 1.97. The topological polar surface area (TPSA) is 0 Å². The Morgan fingerprint density at radius 3 is 1.62 bits per heavy atom. The van der Waals surface area contributed by atoms with Gasteiger partial charge in [0.15, 0.2) is 0 Å². The molecule has 2 unspecified atom stereocenters. The van der Waals surface area contributed by atoms with Crippen molar-refractivity contribution in [1.29, 1.82) is 0 Å². The normalized spacial score (nSPS) is 18.2. The highest BCUT2D eigenvalue weighted by Gasteiger charge is 2.17. The molecular formula is C13H26. The second-order valence-corrected chi connectivity index (χ2v) is 5.64. The molecule has 0 fully saturated rings. The second-order valence-electron chi connectivity index (χ2n) is 5.64. The first kappa shape index (κ1) is 12.7. The van der Waals surface area contributed by atoms with Crippen molar-refractivity contribution in [1.82, 2.24) is 0 Å². The van der Waals surface area contributed by atoms with Crippen molar-refractivity contribution in [3.05, 3.63) is 12.2 Å². The molecule has 0 aromatic heterocycles. The molecule has 0 heterocycles. The van der Waals surface area contributed by atoms with Gasteiger partial charge in [0.1, 0.15) is 0 Å². The van der Waals surface area contributed by atoms with E-state index in [1.807, 2.05) is 0 Å². The Hall–Kier alpha value is -0.260. The van der Waals surface area contributed by atoms with E-state index in [9.17, 15) is 0 Å². The Morgan fingerprint density at radius 2 is 1.31 bits per heavy atom. The molecule has 0 saturated carbocycles. The van der Waals surface area contributed by atoms with Crippen molar-refractivity contribution < 1.29 is 0 Å². The summed E-state index contributed by atoms with van der Waals surface area (Å²) in [6.45, 7) is 16.0. The van der Waals surface area contributed by atoms with Gasteiger partial charge in [0, 0.05) is 0 Å². The molecule has 0 saturated heterocycles. The second kappa shape index (κ2) is 4.83. The van der Waals surface area contributed by atoms with Crippen LogP contribution in [0.2, 0.25) is 0 Å². The minimum absolute atomic E-state index is 0.396. The predicted octanol–water partition coefficient (Wildman–Crippen LogP) is 4.52. The highest BCUT2D eigenvalue weighted by Crippen LogP contribution is 2.27. The van der Waals surface area contributed by atoms with Crippen LogP contribution in [-0.4, -0.2) is 0 Å². The SMILES string of the molecule is CC(C)C(C)/C=C/C(C)C(C)(C)C. The largest absolute Gasteiger partial charge is 0.0852 e. The molecule has 0 aromatic rings. The number of hydrogen-bond donors (Lipinski definition) is 0. The first-order valence-corrected chi connectivity index (χ1v) is 5.43. The summed E-state index contributed by atoms with van der Waals surface area (Å²) in [5.41, 5.74) is 0.396. The summed E-state index contributed by atoms with van der Waals surface area (Å²) in [6.07, 6.45) is 4.73. The van der Waals surface area contributed by atoms with Crippen molar-refractivity contribution in [3.63, 3.8) is 0 Å². The third-order valence-corrected chi connectivity index (χ3v) is 3.12. The molecule has 0 aliphatic rings. The van der Waals surface area contributed by atoms with Gasteiger partial charge < -0.3 is 0 Å². The van der Waals surface area contributed by atoms with Crippen LogP contribution in [0.25, 0.3) is 0 Å². The highest BCUT2D eigenvalue weighted by molar-refractivity contribution is 4.94. The summed E-state index contributed by atoms with van der Waals surface area (Å²) in [7, 11) is 0. The average molecular weight is 182 g/mol. The summed E-state index contributed by atoms with van der Waals surface area (Å²) in [5.74, 6) is 2.11. The van der Waals surface area contributed by atoms with Crippen LogP contribution in [0.3, 0.4) is 0 Å². The summed E-state index contributed by atoms with van der Waals surface area (Å²) in [4.78, 5) is 0. The molecule has 0 amide bonds. The van der Waals surface area contributed by atoms with Gasteiger partial charge in [0.25, 0.3) is 0 Å². The summed E-state index contributed by atoms with van der Waals surface area (Å²) in [5, 5.41) is 0. The molecule has 0 nitrogen and oxygen atoms in total. The van der Waals surface area contributed by atoms with Gasteiger partial charge in [-0.3, -0.25) is 0 Å². The van der Waals surface area contributed by atoms with E-state index in [0.29, 0.717) is 17.3 Å².